The number of rotatable bonds is 3. The molecule has 1 aromatic carbocycles. The van der Waals surface area contributed by atoms with E-state index in [1.54, 1.807) is 0 Å². The first-order valence-corrected chi connectivity index (χ1v) is 8.67. The van der Waals surface area contributed by atoms with E-state index in [-0.39, 0.29) is 54.1 Å². The van der Waals surface area contributed by atoms with Crippen molar-refractivity contribution >= 4 is 34.0 Å². The number of nitrogens with two attached hydrogens (primary N) is 1. The Labute approximate surface area is 146 Å². The summed E-state index contributed by atoms with van der Waals surface area (Å²) in [6, 6.07) is 2.65. The maximum atomic E-state index is 12.9. The molecule has 0 spiro atoms. The Bertz CT molecular complexity index is 745. The molecule has 0 radical (unpaired) electrons. The Morgan fingerprint density at radius 2 is 2.08 bits per heavy atom. The molecule has 1 saturated heterocycles. The van der Waals surface area contributed by atoms with Crippen LogP contribution in [0.1, 0.15) is 6.92 Å². The zero-order chi connectivity index (χ0) is 16.8. The predicted octanol–water partition coefficient (Wildman–Crippen LogP) is 0.416. The molecule has 2 heterocycles. The lowest BCUT2D eigenvalue weighted by Gasteiger charge is -2.22. The minimum Gasteiger partial charge on any atom is -0.495 e. The number of carbonyl (C=O) groups is 1. The summed E-state index contributed by atoms with van der Waals surface area (Å²) >= 11 is 0. The lowest BCUT2D eigenvalue weighted by Crippen LogP contribution is -2.32. The van der Waals surface area contributed by atoms with Crippen molar-refractivity contribution in [1.29, 1.82) is 0 Å². The number of benzene rings is 1. The van der Waals surface area contributed by atoms with Crippen molar-refractivity contribution in [2.24, 2.45) is 11.7 Å². The number of halogens is 1. The molecule has 24 heavy (non-hydrogen) atoms. The standard InChI is InChI=1S/C14H19N3O5S.ClH/c1-8-5-17(6-9(8)15)23(19,20)13-4-11-10(3-12(13)21-2)16-14(18)7-22-11;/h3-4,8-9H,5-7,15H2,1-2H3,(H,16,18);1H. The molecule has 1 fully saturated rings. The SMILES string of the molecule is COc1cc2c(cc1S(=O)(=O)N1CC(C)C(N)C1)OCC(=O)N2.Cl. The van der Waals surface area contributed by atoms with E-state index in [0.29, 0.717) is 18.0 Å². The minimum absolute atomic E-state index is 0. The van der Waals surface area contributed by atoms with Crippen molar-refractivity contribution < 1.29 is 22.7 Å². The van der Waals surface area contributed by atoms with Gasteiger partial charge in [0, 0.05) is 31.3 Å². The van der Waals surface area contributed by atoms with Gasteiger partial charge in [-0.3, -0.25) is 4.79 Å². The number of methoxy groups -OCH3 is 1. The average Bonchev–Trinajstić information content (AvgIpc) is 2.86. The van der Waals surface area contributed by atoms with Gasteiger partial charge in [-0.1, -0.05) is 6.92 Å². The Morgan fingerprint density at radius 1 is 1.38 bits per heavy atom. The predicted molar refractivity (Wildman–Crippen MR) is 90.3 cm³/mol. The summed E-state index contributed by atoms with van der Waals surface area (Å²) in [5, 5.41) is 2.62. The van der Waals surface area contributed by atoms with Crippen LogP contribution in [-0.2, 0) is 14.8 Å². The third kappa shape index (κ3) is 3.16. The molecule has 134 valence electrons. The van der Waals surface area contributed by atoms with Crippen molar-refractivity contribution in [3.05, 3.63) is 12.1 Å². The van der Waals surface area contributed by atoms with Gasteiger partial charge < -0.3 is 20.5 Å². The minimum atomic E-state index is -3.76. The molecule has 2 unspecified atom stereocenters. The highest BCUT2D eigenvalue weighted by atomic mass is 35.5. The van der Waals surface area contributed by atoms with E-state index in [9.17, 15) is 13.2 Å². The first kappa shape index (κ1) is 18.8. The highest BCUT2D eigenvalue weighted by Gasteiger charge is 2.37. The van der Waals surface area contributed by atoms with Crippen LogP contribution >= 0.6 is 12.4 Å². The molecule has 3 N–H and O–H groups in total. The Kier molecular flexibility index (Phi) is 5.28. The molecule has 2 atom stereocenters. The van der Waals surface area contributed by atoms with Crippen molar-refractivity contribution in [3.63, 3.8) is 0 Å². The first-order chi connectivity index (χ1) is 10.8. The lowest BCUT2D eigenvalue weighted by atomic mass is 10.1. The second-order valence-corrected chi connectivity index (χ2v) is 7.71. The van der Waals surface area contributed by atoms with Gasteiger partial charge in [0.25, 0.3) is 5.91 Å². The van der Waals surface area contributed by atoms with Gasteiger partial charge in [0.15, 0.2) is 6.61 Å². The molecule has 0 bridgehead atoms. The van der Waals surface area contributed by atoms with E-state index in [4.69, 9.17) is 15.2 Å². The summed E-state index contributed by atoms with van der Waals surface area (Å²) in [4.78, 5) is 11.4. The van der Waals surface area contributed by atoms with Gasteiger partial charge in [-0.05, 0) is 5.92 Å². The fourth-order valence-electron chi connectivity index (χ4n) is 2.73. The van der Waals surface area contributed by atoms with E-state index in [2.05, 4.69) is 5.32 Å². The number of nitrogens with one attached hydrogen (secondary N) is 1. The first-order valence-electron chi connectivity index (χ1n) is 7.23. The summed E-state index contributed by atoms with van der Waals surface area (Å²) in [6.45, 7) is 2.40. The van der Waals surface area contributed by atoms with Crippen LogP contribution in [0.3, 0.4) is 0 Å². The Balaban J connectivity index is 0.00000208. The van der Waals surface area contributed by atoms with Gasteiger partial charge in [0.2, 0.25) is 10.0 Å². The molecule has 2 aliphatic heterocycles. The molecule has 1 aromatic rings. The fourth-order valence-corrected chi connectivity index (χ4v) is 4.46. The second kappa shape index (κ2) is 6.75. The third-order valence-corrected chi connectivity index (χ3v) is 6.01. The van der Waals surface area contributed by atoms with Gasteiger partial charge >= 0.3 is 0 Å². The Hall–Kier alpha value is -1.55. The zero-order valence-corrected chi connectivity index (χ0v) is 14.9. The van der Waals surface area contributed by atoms with Crippen LogP contribution in [0.2, 0.25) is 0 Å². The number of hydrogen-bond donors (Lipinski definition) is 2. The number of sulfonamides is 1. The monoisotopic (exact) mass is 377 g/mol. The van der Waals surface area contributed by atoms with Crippen LogP contribution in [0.5, 0.6) is 11.5 Å². The molecular formula is C14H20ClN3O5S. The van der Waals surface area contributed by atoms with Crippen LogP contribution in [0.15, 0.2) is 17.0 Å². The molecule has 0 aromatic heterocycles. The van der Waals surface area contributed by atoms with Gasteiger partial charge in [0.05, 0.1) is 12.8 Å². The molecule has 0 aliphatic carbocycles. The van der Waals surface area contributed by atoms with Crippen LogP contribution < -0.4 is 20.5 Å². The lowest BCUT2D eigenvalue weighted by molar-refractivity contribution is -0.118. The van der Waals surface area contributed by atoms with Crippen LogP contribution in [0.4, 0.5) is 5.69 Å². The molecule has 10 heteroatoms. The number of amides is 1. The van der Waals surface area contributed by atoms with Gasteiger partial charge in [-0.25, -0.2) is 8.42 Å². The molecule has 8 nitrogen and oxygen atoms in total. The summed E-state index contributed by atoms with van der Waals surface area (Å²) in [7, 11) is -2.38. The van der Waals surface area contributed by atoms with Crippen LogP contribution in [0.25, 0.3) is 0 Å². The van der Waals surface area contributed by atoms with E-state index < -0.39 is 10.0 Å². The molecule has 3 rings (SSSR count). The smallest absolute Gasteiger partial charge is 0.262 e. The number of nitrogens with zero attached hydrogens (tertiary/aromatic N) is 1. The number of fused-ring (bicyclic) bond motifs is 1. The van der Waals surface area contributed by atoms with E-state index in [1.165, 1.54) is 23.5 Å². The van der Waals surface area contributed by atoms with Crippen molar-refractivity contribution in [1.82, 2.24) is 4.31 Å². The summed E-state index contributed by atoms with van der Waals surface area (Å²) in [5.74, 6) is 0.252. The third-order valence-electron chi connectivity index (χ3n) is 4.15. The quantitative estimate of drug-likeness (QED) is 0.789. The maximum Gasteiger partial charge on any atom is 0.262 e. The van der Waals surface area contributed by atoms with Gasteiger partial charge in [0.1, 0.15) is 16.4 Å². The summed E-state index contributed by atoms with van der Waals surface area (Å²) < 4.78 is 37.7. The fraction of sp³-hybridized carbons (Fsp3) is 0.500. The number of ether oxygens (including phenoxy) is 2. The summed E-state index contributed by atoms with van der Waals surface area (Å²) in [6.07, 6.45) is 0. The maximum absolute atomic E-state index is 12.9. The van der Waals surface area contributed by atoms with Crippen LogP contribution in [0, 0.1) is 5.92 Å². The number of hydrogen-bond acceptors (Lipinski definition) is 6. The molecule has 2 aliphatic rings. The Morgan fingerprint density at radius 3 is 2.67 bits per heavy atom. The normalized spacial score (nSPS) is 23.7. The van der Waals surface area contributed by atoms with Crippen molar-refractivity contribution in [3.8, 4) is 11.5 Å². The van der Waals surface area contributed by atoms with E-state index >= 15 is 0 Å². The highest BCUT2D eigenvalue weighted by Crippen LogP contribution is 2.39. The van der Waals surface area contributed by atoms with Crippen molar-refractivity contribution in [2.45, 2.75) is 17.9 Å². The molecular weight excluding hydrogens is 358 g/mol. The van der Waals surface area contributed by atoms with E-state index in [1.807, 2.05) is 6.92 Å². The van der Waals surface area contributed by atoms with Crippen LogP contribution in [-0.4, -0.2) is 51.5 Å². The highest BCUT2D eigenvalue weighted by molar-refractivity contribution is 7.89. The summed E-state index contributed by atoms with van der Waals surface area (Å²) in [5.41, 5.74) is 6.32. The second-order valence-electron chi connectivity index (χ2n) is 5.80. The largest absolute Gasteiger partial charge is 0.495 e. The average molecular weight is 378 g/mol. The van der Waals surface area contributed by atoms with Crippen molar-refractivity contribution in [2.75, 3.05) is 32.1 Å². The number of anilines is 1. The number of carbonyl (C=O) groups excluding carboxylic acids is 1. The molecule has 1 amide bonds. The van der Waals surface area contributed by atoms with Gasteiger partial charge in [-0.2, -0.15) is 4.31 Å². The topological polar surface area (TPSA) is 111 Å². The van der Waals surface area contributed by atoms with E-state index in [0.717, 1.165) is 0 Å². The zero-order valence-electron chi connectivity index (χ0n) is 13.3. The molecule has 0 saturated carbocycles. The van der Waals surface area contributed by atoms with Gasteiger partial charge in [-0.15, -0.1) is 12.4 Å².